The van der Waals surface area contributed by atoms with Crippen LogP contribution in [0.15, 0.2) is 18.3 Å². The summed E-state index contributed by atoms with van der Waals surface area (Å²) in [5, 5.41) is 5.37. The maximum atomic E-state index is 5.92. The van der Waals surface area contributed by atoms with E-state index in [4.69, 9.17) is 34.8 Å². The summed E-state index contributed by atoms with van der Waals surface area (Å²) in [7, 11) is 0. The van der Waals surface area contributed by atoms with Gasteiger partial charge in [0.1, 0.15) is 0 Å². The van der Waals surface area contributed by atoms with Gasteiger partial charge in [0.2, 0.25) is 0 Å². The highest BCUT2D eigenvalue weighted by Crippen LogP contribution is 2.20. The van der Waals surface area contributed by atoms with Crippen molar-refractivity contribution in [1.29, 1.82) is 0 Å². The van der Waals surface area contributed by atoms with Crippen LogP contribution in [0, 0.1) is 6.92 Å². The fraction of sp³-hybridized carbons (Fsp3) is 0.200. The van der Waals surface area contributed by atoms with Crippen molar-refractivity contribution in [2.24, 2.45) is 0 Å². The lowest BCUT2D eigenvalue weighted by atomic mass is 10.3. The van der Waals surface area contributed by atoms with E-state index in [2.05, 4.69) is 10.1 Å². The first-order valence-electron chi connectivity index (χ1n) is 4.55. The predicted molar refractivity (Wildman–Crippen MR) is 65.7 cm³/mol. The van der Waals surface area contributed by atoms with Crippen LogP contribution in [0.1, 0.15) is 11.4 Å². The van der Waals surface area contributed by atoms with E-state index < -0.39 is 0 Å². The molecule has 0 bridgehead atoms. The van der Waals surface area contributed by atoms with Gasteiger partial charge in [-0.3, -0.25) is 0 Å². The Hall–Kier alpha value is -0.770. The second-order valence-corrected chi connectivity index (χ2v) is 4.32. The van der Waals surface area contributed by atoms with Gasteiger partial charge in [0.05, 0.1) is 33.5 Å². The summed E-state index contributed by atoms with van der Waals surface area (Å²) in [6, 6.07) is 3.51. The van der Waals surface area contributed by atoms with Crippen LogP contribution in [-0.4, -0.2) is 14.8 Å². The van der Waals surface area contributed by atoms with Gasteiger partial charge in [-0.1, -0.05) is 23.2 Å². The van der Waals surface area contributed by atoms with Crippen molar-refractivity contribution in [3.8, 4) is 5.82 Å². The van der Waals surface area contributed by atoms with E-state index >= 15 is 0 Å². The molecule has 2 aromatic rings. The number of halogens is 3. The molecule has 0 spiro atoms. The maximum Gasteiger partial charge on any atom is 0.153 e. The van der Waals surface area contributed by atoms with Crippen LogP contribution in [0.2, 0.25) is 10.0 Å². The Morgan fingerprint density at radius 3 is 2.56 bits per heavy atom. The summed E-state index contributed by atoms with van der Waals surface area (Å²) in [4.78, 5) is 4.29. The van der Waals surface area contributed by atoms with Crippen LogP contribution in [-0.2, 0) is 5.88 Å². The number of aryl methyl sites for hydroxylation is 1. The molecule has 0 N–H and O–H groups in total. The van der Waals surface area contributed by atoms with Crippen LogP contribution >= 0.6 is 34.8 Å². The molecule has 2 aromatic heterocycles. The van der Waals surface area contributed by atoms with Crippen molar-refractivity contribution in [2.45, 2.75) is 12.8 Å². The number of aromatic nitrogens is 3. The van der Waals surface area contributed by atoms with Gasteiger partial charge in [-0.15, -0.1) is 11.6 Å². The molecule has 6 heteroatoms. The molecule has 2 rings (SSSR count). The SMILES string of the molecule is Cc1nn(-c2ccc(Cl)c(CCl)n2)cc1Cl. The van der Waals surface area contributed by atoms with Crippen molar-refractivity contribution in [2.75, 3.05) is 0 Å². The monoisotopic (exact) mass is 275 g/mol. The lowest BCUT2D eigenvalue weighted by Gasteiger charge is -2.03. The molecule has 0 aliphatic carbocycles. The summed E-state index contributed by atoms with van der Waals surface area (Å²) in [6.07, 6.45) is 1.70. The van der Waals surface area contributed by atoms with E-state index in [9.17, 15) is 0 Å². The largest absolute Gasteiger partial charge is 0.231 e. The molecule has 0 aliphatic rings. The first-order valence-corrected chi connectivity index (χ1v) is 5.84. The maximum absolute atomic E-state index is 5.92. The molecule has 0 amide bonds. The normalized spacial score (nSPS) is 10.8. The van der Waals surface area contributed by atoms with Gasteiger partial charge in [-0.05, 0) is 19.1 Å². The van der Waals surface area contributed by atoms with Gasteiger partial charge in [-0.2, -0.15) is 5.10 Å². The number of pyridine rings is 1. The second-order valence-electron chi connectivity index (χ2n) is 3.24. The van der Waals surface area contributed by atoms with Crippen LogP contribution in [0.4, 0.5) is 0 Å². The van der Waals surface area contributed by atoms with E-state index in [1.54, 1.807) is 23.0 Å². The van der Waals surface area contributed by atoms with Crippen LogP contribution in [0.25, 0.3) is 5.82 Å². The Labute approximate surface area is 108 Å². The fourth-order valence-electron chi connectivity index (χ4n) is 1.25. The highest BCUT2D eigenvalue weighted by atomic mass is 35.5. The molecule has 0 saturated heterocycles. The molecular weight excluding hydrogens is 268 g/mol. The van der Waals surface area contributed by atoms with E-state index in [0.717, 1.165) is 5.69 Å². The number of hydrogen-bond acceptors (Lipinski definition) is 2. The predicted octanol–water partition coefficient (Wildman–Crippen LogP) is 3.62. The highest BCUT2D eigenvalue weighted by molar-refractivity contribution is 6.32. The second kappa shape index (κ2) is 4.62. The summed E-state index contributed by atoms with van der Waals surface area (Å²) < 4.78 is 1.60. The molecule has 0 fully saturated rings. The molecule has 16 heavy (non-hydrogen) atoms. The van der Waals surface area contributed by atoms with Crippen LogP contribution < -0.4 is 0 Å². The van der Waals surface area contributed by atoms with Gasteiger partial charge in [-0.25, -0.2) is 9.67 Å². The van der Waals surface area contributed by atoms with Gasteiger partial charge < -0.3 is 0 Å². The van der Waals surface area contributed by atoms with Crippen LogP contribution in [0.3, 0.4) is 0 Å². The molecule has 84 valence electrons. The van der Waals surface area contributed by atoms with Crippen molar-refractivity contribution < 1.29 is 0 Å². The zero-order valence-electron chi connectivity index (χ0n) is 8.41. The van der Waals surface area contributed by atoms with Crippen molar-refractivity contribution in [1.82, 2.24) is 14.8 Å². The Bertz CT molecular complexity index is 503. The first-order chi connectivity index (χ1) is 7.61. The Morgan fingerprint density at radius 1 is 1.25 bits per heavy atom. The van der Waals surface area contributed by atoms with Gasteiger partial charge >= 0.3 is 0 Å². The van der Waals surface area contributed by atoms with Crippen molar-refractivity contribution in [3.63, 3.8) is 0 Å². The number of rotatable bonds is 2. The first kappa shape index (κ1) is 11.7. The fourth-order valence-corrected chi connectivity index (χ4v) is 1.82. The Morgan fingerprint density at radius 2 is 2.00 bits per heavy atom. The minimum absolute atomic E-state index is 0.265. The summed E-state index contributed by atoms with van der Waals surface area (Å²) in [5.74, 6) is 0.913. The molecule has 0 atom stereocenters. The number of hydrogen-bond donors (Lipinski definition) is 0. The van der Waals surface area contributed by atoms with E-state index in [1.807, 2.05) is 6.92 Å². The van der Waals surface area contributed by atoms with Crippen molar-refractivity contribution >= 4 is 34.8 Å². The quantitative estimate of drug-likeness (QED) is 0.784. The van der Waals surface area contributed by atoms with Crippen molar-refractivity contribution in [3.05, 3.63) is 39.8 Å². The Kier molecular flexibility index (Phi) is 3.38. The van der Waals surface area contributed by atoms with Gasteiger partial charge in [0, 0.05) is 0 Å². The molecule has 0 unspecified atom stereocenters. The molecular formula is C10H8Cl3N3. The lowest BCUT2D eigenvalue weighted by Crippen LogP contribution is -2.00. The minimum atomic E-state index is 0.265. The molecule has 0 aromatic carbocycles. The number of alkyl halides is 1. The molecule has 0 saturated carbocycles. The molecule has 0 aliphatic heterocycles. The molecule has 3 nitrogen and oxygen atoms in total. The topological polar surface area (TPSA) is 30.7 Å². The zero-order valence-corrected chi connectivity index (χ0v) is 10.7. The number of nitrogens with zero attached hydrogens (tertiary/aromatic N) is 3. The standard InChI is InChI=1S/C10H8Cl3N3/c1-6-8(13)5-16(15-6)10-3-2-7(12)9(4-11)14-10/h2-3,5H,4H2,1H3. The smallest absolute Gasteiger partial charge is 0.153 e. The minimum Gasteiger partial charge on any atom is -0.231 e. The Balaban J connectivity index is 2.48. The third-order valence-corrected chi connectivity index (χ3v) is 3.07. The average molecular weight is 277 g/mol. The highest BCUT2D eigenvalue weighted by Gasteiger charge is 2.07. The summed E-state index contributed by atoms with van der Waals surface area (Å²) in [5.41, 5.74) is 1.39. The molecule has 2 heterocycles. The third-order valence-electron chi connectivity index (χ3n) is 2.10. The zero-order chi connectivity index (χ0) is 11.7. The van der Waals surface area contributed by atoms with E-state index in [-0.39, 0.29) is 5.88 Å². The van der Waals surface area contributed by atoms with E-state index in [1.165, 1.54) is 0 Å². The average Bonchev–Trinajstić information content (AvgIpc) is 2.60. The summed E-state index contributed by atoms with van der Waals surface area (Å²) in [6.45, 7) is 1.83. The van der Waals surface area contributed by atoms with Gasteiger partial charge in [0.15, 0.2) is 5.82 Å². The van der Waals surface area contributed by atoms with E-state index in [0.29, 0.717) is 21.6 Å². The summed E-state index contributed by atoms with van der Waals surface area (Å²) >= 11 is 17.6. The third kappa shape index (κ3) is 2.17. The van der Waals surface area contributed by atoms with Crippen LogP contribution in [0.5, 0.6) is 0 Å². The molecule has 0 radical (unpaired) electrons. The van der Waals surface area contributed by atoms with Gasteiger partial charge in [0.25, 0.3) is 0 Å². The lowest BCUT2D eigenvalue weighted by molar-refractivity contribution is 0.826.